The van der Waals surface area contributed by atoms with Crippen LogP contribution >= 0.6 is 11.3 Å². The number of hydrogen-bond donors (Lipinski definition) is 1. The molecule has 0 spiro atoms. The molecule has 2 rings (SSSR count). The second-order valence-electron chi connectivity index (χ2n) is 5.25. The Bertz CT molecular complexity index is 563. The van der Waals surface area contributed by atoms with Crippen LogP contribution in [0, 0.1) is 0 Å². The summed E-state index contributed by atoms with van der Waals surface area (Å²) in [6.07, 6.45) is -3.43. The van der Waals surface area contributed by atoms with Crippen molar-refractivity contribution in [3.63, 3.8) is 0 Å². The number of nitrogens with one attached hydrogen (secondary N) is 1. The highest BCUT2D eigenvalue weighted by atomic mass is 32.1. The van der Waals surface area contributed by atoms with Crippen LogP contribution in [0.3, 0.4) is 0 Å². The molecule has 0 aliphatic heterocycles. The fourth-order valence-corrected chi connectivity index (χ4v) is 3.01. The highest BCUT2D eigenvalue weighted by Gasteiger charge is 2.30. The van der Waals surface area contributed by atoms with E-state index in [4.69, 9.17) is 0 Å². The van der Waals surface area contributed by atoms with Crippen molar-refractivity contribution in [3.8, 4) is 0 Å². The number of hydrogen-bond acceptors (Lipinski definition) is 2. The summed E-state index contributed by atoms with van der Waals surface area (Å²) < 4.78 is 38.2. The summed E-state index contributed by atoms with van der Waals surface area (Å²) in [5.41, 5.74) is 1.30. The molecule has 2 atom stereocenters. The van der Waals surface area contributed by atoms with Crippen LogP contribution in [-0.4, -0.2) is 6.04 Å². The Morgan fingerprint density at radius 3 is 2.57 bits per heavy atom. The van der Waals surface area contributed by atoms with Gasteiger partial charge in [-0.2, -0.15) is 24.5 Å². The third-order valence-electron chi connectivity index (χ3n) is 3.37. The van der Waals surface area contributed by atoms with E-state index in [2.05, 4.69) is 16.8 Å². The molecule has 2 unspecified atom stereocenters. The molecule has 0 amide bonds. The molecular weight excluding hydrogens is 295 g/mol. The Morgan fingerprint density at radius 2 is 1.95 bits per heavy atom. The van der Waals surface area contributed by atoms with Crippen LogP contribution in [0.2, 0.25) is 0 Å². The smallest absolute Gasteiger partial charge is 0.307 e. The average molecular weight is 313 g/mol. The van der Waals surface area contributed by atoms with Gasteiger partial charge in [-0.15, -0.1) is 0 Å². The number of benzene rings is 1. The van der Waals surface area contributed by atoms with Gasteiger partial charge in [0.1, 0.15) is 0 Å². The molecule has 0 saturated heterocycles. The highest BCUT2D eigenvalue weighted by Crippen LogP contribution is 2.30. The van der Waals surface area contributed by atoms with Gasteiger partial charge in [0.05, 0.1) is 5.56 Å². The average Bonchev–Trinajstić information content (AvgIpc) is 2.90. The lowest BCUT2D eigenvalue weighted by atomic mass is 10.0. The van der Waals surface area contributed by atoms with Crippen molar-refractivity contribution in [2.45, 2.75) is 38.5 Å². The van der Waals surface area contributed by atoms with E-state index in [1.54, 1.807) is 17.4 Å². The van der Waals surface area contributed by atoms with E-state index in [1.807, 2.05) is 19.2 Å². The largest absolute Gasteiger partial charge is 0.416 e. The molecule has 0 aliphatic rings. The van der Waals surface area contributed by atoms with Crippen molar-refractivity contribution in [3.05, 3.63) is 57.8 Å². The van der Waals surface area contributed by atoms with Gasteiger partial charge in [0, 0.05) is 12.1 Å². The van der Waals surface area contributed by atoms with Gasteiger partial charge in [-0.05, 0) is 60.4 Å². The highest BCUT2D eigenvalue weighted by molar-refractivity contribution is 7.07. The molecule has 1 N–H and O–H groups in total. The van der Waals surface area contributed by atoms with Crippen LogP contribution in [0.25, 0.3) is 0 Å². The van der Waals surface area contributed by atoms with Gasteiger partial charge in [0.15, 0.2) is 0 Å². The van der Waals surface area contributed by atoms with E-state index >= 15 is 0 Å². The van der Waals surface area contributed by atoms with Gasteiger partial charge >= 0.3 is 6.18 Å². The Hall–Kier alpha value is -1.33. The number of alkyl halides is 3. The molecular formula is C16H18F3NS. The van der Waals surface area contributed by atoms with Crippen LogP contribution in [0.15, 0.2) is 41.1 Å². The van der Waals surface area contributed by atoms with Gasteiger partial charge < -0.3 is 5.32 Å². The molecule has 0 aliphatic carbocycles. The summed E-state index contributed by atoms with van der Waals surface area (Å²) in [4.78, 5) is 0. The summed E-state index contributed by atoms with van der Waals surface area (Å²) in [5.74, 6) is 0. The van der Waals surface area contributed by atoms with Gasteiger partial charge in [0.2, 0.25) is 0 Å². The van der Waals surface area contributed by atoms with E-state index in [0.29, 0.717) is 5.56 Å². The first-order valence-electron chi connectivity index (χ1n) is 6.80. The lowest BCUT2D eigenvalue weighted by molar-refractivity contribution is -0.137. The van der Waals surface area contributed by atoms with Crippen LogP contribution in [0.1, 0.15) is 36.6 Å². The SMILES string of the molecule is CC(Cc1ccsc1)NC(C)c1cccc(C(F)(F)F)c1. The second kappa shape index (κ2) is 6.62. The zero-order valence-corrected chi connectivity index (χ0v) is 12.8. The van der Waals surface area contributed by atoms with Crippen molar-refractivity contribution in [1.82, 2.24) is 5.32 Å². The first-order chi connectivity index (χ1) is 9.86. The summed E-state index contributed by atoms with van der Waals surface area (Å²) in [7, 11) is 0. The molecule has 1 aromatic carbocycles. The van der Waals surface area contributed by atoms with E-state index < -0.39 is 11.7 Å². The predicted molar refractivity (Wildman–Crippen MR) is 80.5 cm³/mol. The maximum absolute atomic E-state index is 12.7. The summed E-state index contributed by atoms with van der Waals surface area (Å²) >= 11 is 1.65. The fraction of sp³-hybridized carbons (Fsp3) is 0.375. The quantitative estimate of drug-likeness (QED) is 0.814. The first kappa shape index (κ1) is 16.0. The van der Waals surface area contributed by atoms with Gasteiger partial charge in [-0.1, -0.05) is 12.1 Å². The molecule has 1 nitrogen and oxygen atoms in total. The van der Waals surface area contributed by atoms with Crippen LogP contribution < -0.4 is 5.32 Å². The summed E-state index contributed by atoms with van der Waals surface area (Å²) in [6, 6.07) is 7.65. The molecule has 0 bridgehead atoms. The van der Waals surface area contributed by atoms with E-state index in [-0.39, 0.29) is 12.1 Å². The Kier molecular flexibility index (Phi) is 5.06. The zero-order valence-electron chi connectivity index (χ0n) is 11.9. The normalized spacial score (nSPS) is 14.9. The minimum absolute atomic E-state index is 0.124. The Labute approximate surface area is 126 Å². The molecule has 21 heavy (non-hydrogen) atoms. The first-order valence-corrected chi connectivity index (χ1v) is 7.75. The van der Waals surface area contributed by atoms with Crippen molar-refractivity contribution in [2.75, 3.05) is 0 Å². The van der Waals surface area contributed by atoms with Gasteiger partial charge in [-0.3, -0.25) is 0 Å². The second-order valence-corrected chi connectivity index (χ2v) is 6.03. The van der Waals surface area contributed by atoms with E-state index in [0.717, 1.165) is 12.5 Å². The van der Waals surface area contributed by atoms with E-state index in [9.17, 15) is 13.2 Å². The number of rotatable bonds is 5. The molecule has 1 heterocycles. The number of halogens is 3. The molecule has 1 aromatic heterocycles. The van der Waals surface area contributed by atoms with Gasteiger partial charge in [-0.25, -0.2) is 0 Å². The van der Waals surface area contributed by atoms with Gasteiger partial charge in [0.25, 0.3) is 0 Å². The fourth-order valence-electron chi connectivity index (χ4n) is 2.33. The summed E-state index contributed by atoms with van der Waals surface area (Å²) in [5, 5.41) is 7.47. The lowest BCUT2D eigenvalue weighted by Gasteiger charge is -2.21. The third kappa shape index (κ3) is 4.58. The molecule has 5 heteroatoms. The van der Waals surface area contributed by atoms with Crippen molar-refractivity contribution >= 4 is 11.3 Å². The molecule has 114 valence electrons. The lowest BCUT2D eigenvalue weighted by Crippen LogP contribution is -2.30. The van der Waals surface area contributed by atoms with Crippen LogP contribution in [-0.2, 0) is 12.6 Å². The Morgan fingerprint density at radius 1 is 1.19 bits per heavy atom. The molecule has 0 saturated carbocycles. The third-order valence-corrected chi connectivity index (χ3v) is 4.10. The van der Waals surface area contributed by atoms with Crippen molar-refractivity contribution in [2.24, 2.45) is 0 Å². The maximum Gasteiger partial charge on any atom is 0.416 e. The minimum atomic E-state index is -4.29. The zero-order chi connectivity index (χ0) is 15.5. The van der Waals surface area contributed by atoms with Crippen molar-refractivity contribution < 1.29 is 13.2 Å². The molecule has 2 aromatic rings. The standard InChI is InChI=1S/C16H18F3NS/c1-11(8-13-6-7-21-10-13)20-12(2)14-4-3-5-15(9-14)16(17,18)19/h3-7,9-12,20H,8H2,1-2H3. The Balaban J connectivity index is 2.01. The molecule has 0 fully saturated rings. The monoisotopic (exact) mass is 313 g/mol. The summed E-state index contributed by atoms with van der Waals surface area (Å²) in [6.45, 7) is 3.93. The van der Waals surface area contributed by atoms with Crippen LogP contribution in [0.5, 0.6) is 0 Å². The maximum atomic E-state index is 12.7. The van der Waals surface area contributed by atoms with Crippen LogP contribution in [0.4, 0.5) is 13.2 Å². The topological polar surface area (TPSA) is 12.0 Å². The van der Waals surface area contributed by atoms with Crippen molar-refractivity contribution in [1.29, 1.82) is 0 Å². The predicted octanol–water partition coefficient (Wildman–Crippen LogP) is 5.05. The van der Waals surface area contributed by atoms with E-state index in [1.165, 1.54) is 17.7 Å². The minimum Gasteiger partial charge on any atom is -0.307 e. The molecule has 0 radical (unpaired) electrons. The number of thiophene rings is 1.